The number of ether oxygens (including phenoxy) is 2. The van der Waals surface area contributed by atoms with Gasteiger partial charge in [-0.3, -0.25) is 4.79 Å². The Balaban J connectivity index is 2.28. The molecule has 0 aromatic carbocycles. The lowest BCUT2D eigenvalue weighted by atomic mass is 9.97. The van der Waals surface area contributed by atoms with Gasteiger partial charge in [0.2, 0.25) is 0 Å². The summed E-state index contributed by atoms with van der Waals surface area (Å²) in [4.78, 5) is 11.5. The van der Waals surface area contributed by atoms with E-state index in [4.69, 9.17) is 9.47 Å². The van der Waals surface area contributed by atoms with Crippen LogP contribution in [0.3, 0.4) is 0 Å². The van der Waals surface area contributed by atoms with E-state index in [9.17, 15) is 4.79 Å². The van der Waals surface area contributed by atoms with E-state index in [0.29, 0.717) is 6.61 Å². The first-order valence-electron chi connectivity index (χ1n) is 5.36. The van der Waals surface area contributed by atoms with E-state index in [1.54, 1.807) is 0 Å². The van der Waals surface area contributed by atoms with Crippen molar-refractivity contribution in [3.63, 3.8) is 0 Å². The quantitative estimate of drug-likeness (QED) is 0.576. The standard InChI is InChI=1S/C11H19BrO3/c1-11(2,3)10(13)14-7-8-5-4-6-9(12)15-8/h8-9H,4-7H2,1-3H3. The van der Waals surface area contributed by atoms with Crippen molar-refractivity contribution in [1.82, 2.24) is 0 Å². The maximum Gasteiger partial charge on any atom is 0.311 e. The number of hydrogen-bond acceptors (Lipinski definition) is 3. The van der Waals surface area contributed by atoms with Crippen molar-refractivity contribution in [1.29, 1.82) is 0 Å². The summed E-state index contributed by atoms with van der Waals surface area (Å²) in [7, 11) is 0. The normalized spacial score (nSPS) is 27.5. The first kappa shape index (κ1) is 13.0. The van der Waals surface area contributed by atoms with Crippen LogP contribution in [0.4, 0.5) is 0 Å². The molecule has 0 saturated carbocycles. The summed E-state index contributed by atoms with van der Waals surface area (Å²) < 4.78 is 10.8. The second-order valence-electron chi connectivity index (χ2n) is 4.95. The summed E-state index contributed by atoms with van der Waals surface area (Å²) in [6.45, 7) is 5.93. The molecule has 15 heavy (non-hydrogen) atoms. The zero-order valence-corrected chi connectivity index (χ0v) is 11.2. The molecule has 0 amide bonds. The molecule has 2 unspecified atom stereocenters. The number of carbonyl (C=O) groups is 1. The maximum atomic E-state index is 11.5. The minimum absolute atomic E-state index is 0.0504. The first-order valence-corrected chi connectivity index (χ1v) is 6.28. The number of rotatable bonds is 2. The topological polar surface area (TPSA) is 35.5 Å². The Kier molecular flexibility index (Phi) is 4.59. The average Bonchev–Trinajstić information content (AvgIpc) is 2.12. The summed E-state index contributed by atoms with van der Waals surface area (Å²) in [5.74, 6) is -0.164. The number of hydrogen-bond donors (Lipinski definition) is 0. The van der Waals surface area contributed by atoms with Crippen molar-refractivity contribution < 1.29 is 14.3 Å². The zero-order valence-electron chi connectivity index (χ0n) is 9.59. The predicted molar refractivity (Wildman–Crippen MR) is 61.9 cm³/mol. The fourth-order valence-corrected chi connectivity index (χ4v) is 1.99. The van der Waals surface area contributed by atoms with Gasteiger partial charge in [-0.2, -0.15) is 0 Å². The van der Waals surface area contributed by atoms with Crippen LogP contribution in [0.1, 0.15) is 40.0 Å². The lowest BCUT2D eigenvalue weighted by Crippen LogP contribution is -2.32. The molecule has 0 aliphatic carbocycles. The summed E-state index contributed by atoms with van der Waals surface area (Å²) in [5.41, 5.74) is -0.428. The van der Waals surface area contributed by atoms with Crippen LogP contribution in [0.15, 0.2) is 0 Å². The van der Waals surface area contributed by atoms with Gasteiger partial charge < -0.3 is 9.47 Å². The highest BCUT2D eigenvalue weighted by atomic mass is 79.9. The van der Waals surface area contributed by atoms with Crippen LogP contribution in [-0.2, 0) is 14.3 Å². The summed E-state index contributed by atoms with van der Waals surface area (Å²) in [6, 6.07) is 0. The molecule has 1 saturated heterocycles. The predicted octanol–water partition coefficient (Wildman–Crippen LogP) is 2.87. The minimum Gasteiger partial charge on any atom is -0.463 e. The molecule has 0 aromatic heterocycles. The zero-order chi connectivity index (χ0) is 11.5. The van der Waals surface area contributed by atoms with Crippen molar-refractivity contribution in [2.45, 2.75) is 51.2 Å². The number of esters is 1. The van der Waals surface area contributed by atoms with Gasteiger partial charge in [0.25, 0.3) is 0 Å². The highest BCUT2D eigenvalue weighted by Gasteiger charge is 2.26. The van der Waals surface area contributed by atoms with Crippen molar-refractivity contribution >= 4 is 21.9 Å². The fourth-order valence-electron chi connectivity index (χ4n) is 1.36. The Morgan fingerprint density at radius 3 is 2.67 bits per heavy atom. The number of halogens is 1. The van der Waals surface area contributed by atoms with Gasteiger partial charge >= 0.3 is 5.97 Å². The highest BCUT2D eigenvalue weighted by Crippen LogP contribution is 2.23. The SMILES string of the molecule is CC(C)(C)C(=O)OCC1CCCC(Br)O1. The van der Waals surface area contributed by atoms with Crippen molar-refractivity contribution in [2.24, 2.45) is 5.41 Å². The van der Waals surface area contributed by atoms with Crippen LogP contribution in [0.25, 0.3) is 0 Å². The van der Waals surface area contributed by atoms with Crippen LogP contribution in [0.2, 0.25) is 0 Å². The number of carbonyl (C=O) groups excluding carboxylic acids is 1. The van der Waals surface area contributed by atoms with E-state index < -0.39 is 5.41 Å². The second-order valence-corrected chi connectivity index (χ2v) is 5.97. The molecular weight excluding hydrogens is 260 g/mol. The van der Waals surface area contributed by atoms with Crippen LogP contribution in [0.5, 0.6) is 0 Å². The molecule has 4 heteroatoms. The van der Waals surface area contributed by atoms with Crippen molar-refractivity contribution in [3.8, 4) is 0 Å². The van der Waals surface area contributed by atoms with E-state index in [2.05, 4.69) is 15.9 Å². The monoisotopic (exact) mass is 278 g/mol. The Morgan fingerprint density at radius 1 is 1.47 bits per heavy atom. The van der Waals surface area contributed by atoms with E-state index in [-0.39, 0.29) is 17.1 Å². The average molecular weight is 279 g/mol. The molecule has 0 bridgehead atoms. The maximum absolute atomic E-state index is 11.5. The van der Waals surface area contributed by atoms with E-state index in [1.165, 1.54) is 0 Å². The Bertz CT molecular complexity index is 222. The Labute approximate surface area is 99.6 Å². The smallest absolute Gasteiger partial charge is 0.311 e. The molecule has 1 aliphatic heterocycles. The molecule has 1 aliphatic rings. The Hall–Kier alpha value is -0.0900. The van der Waals surface area contributed by atoms with Gasteiger partial charge in [-0.15, -0.1) is 0 Å². The molecule has 0 radical (unpaired) electrons. The van der Waals surface area contributed by atoms with Crippen molar-refractivity contribution in [3.05, 3.63) is 0 Å². The van der Waals surface area contributed by atoms with Crippen molar-refractivity contribution in [2.75, 3.05) is 6.61 Å². The van der Waals surface area contributed by atoms with Crippen LogP contribution < -0.4 is 0 Å². The van der Waals surface area contributed by atoms with Gasteiger partial charge in [0.05, 0.1) is 11.5 Å². The lowest BCUT2D eigenvalue weighted by Gasteiger charge is -2.27. The molecule has 0 spiro atoms. The molecule has 0 aromatic rings. The molecule has 1 heterocycles. The third-order valence-corrected chi connectivity index (χ3v) is 2.98. The van der Waals surface area contributed by atoms with Gasteiger partial charge in [-0.05, 0) is 40.0 Å². The van der Waals surface area contributed by atoms with Gasteiger partial charge in [0.1, 0.15) is 11.6 Å². The third kappa shape index (κ3) is 4.51. The van der Waals surface area contributed by atoms with Crippen LogP contribution >= 0.6 is 15.9 Å². The highest BCUT2D eigenvalue weighted by molar-refractivity contribution is 9.09. The largest absolute Gasteiger partial charge is 0.463 e. The summed E-state index contributed by atoms with van der Waals surface area (Å²) in [5, 5.41) is 0.115. The molecule has 0 N–H and O–H groups in total. The second kappa shape index (κ2) is 5.30. The molecular formula is C11H19BrO3. The molecule has 88 valence electrons. The lowest BCUT2D eigenvalue weighted by molar-refractivity contribution is -0.158. The van der Waals surface area contributed by atoms with E-state index in [1.807, 2.05) is 20.8 Å². The van der Waals surface area contributed by atoms with Crippen LogP contribution in [0, 0.1) is 5.41 Å². The van der Waals surface area contributed by atoms with Gasteiger partial charge in [0.15, 0.2) is 0 Å². The number of alkyl halides is 1. The van der Waals surface area contributed by atoms with Gasteiger partial charge in [-0.25, -0.2) is 0 Å². The van der Waals surface area contributed by atoms with Gasteiger partial charge in [-0.1, -0.05) is 15.9 Å². The Morgan fingerprint density at radius 2 is 2.13 bits per heavy atom. The van der Waals surface area contributed by atoms with E-state index in [0.717, 1.165) is 19.3 Å². The molecule has 1 fully saturated rings. The minimum atomic E-state index is -0.428. The summed E-state index contributed by atoms with van der Waals surface area (Å²) in [6.07, 6.45) is 3.17. The fraction of sp³-hybridized carbons (Fsp3) is 0.909. The third-order valence-electron chi connectivity index (χ3n) is 2.31. The first-order chi connectivity index (χ1) is 6.89. The molecule has 2 atom stereocenters. The molecule has 1 rings (SSSR count). The summed E-state index contributed by atoms with van der Waals surface area (Å²) >= 11 is 3.41. The van der Waals surface area contributed by atoms with E-state index >= 15 is 0 Å². The van der Waals surface area contributed by atoms with Crippen LogP contribution in [-0.4, -0.2) is 23.7 Å². The molecule has 3 nitrogen and oxygen atoms in total. The van der Waals surface area contributed by atoms with Gasteiger partial charge in [0, 0.05) is 0 Å².